The van der Waals surface area contributed by atoms with Crippen molar-refractivity contribution in [2.75, 3.05) is 0 Å². The van der Waals surface area contributed by atoms with Crippen molar-refractivity contribution in [2.45, 2.75) is 19.4 Å². The SMILES string of the molecule is O=C1CC(Cc2ccccc2Cl)C(=O)N1Cc1cccnc1. The highest BCUT2D eigenvalue weighted by Gasteiger charge is 2.38. The molecular weight excluding hydrogens is 300 g/mol. The average Bonchev–Trinajstić information content (AvgIpc) is 2.78. The Morgan fingerprint density at radius 3 is 2.73 bits per heavy atom. The smallest absolute Gasteiger partial charge is 0.233 e. The van der Waals surface area contributed by atoms with Crippen LogP contribution in [0.1, 0.15) is 17.5 Å². The zero-order valence-corrected chi connectivity index (χ0v) is 12.7. The van der Waals surface area contributed by atoms with E-state index in [9.17, 15) is 9.59 Å². The second-order valence-electron chi connectivity index (χ2n) is 5.38. The summed E-state index contributed by atoms with van der Waals surface area (Å²) in [5.41, 5.74) is 1.75. The van der Waals surface area contributed by atoms with Crippen LogP contribution in [0, 0.1) is 5.92 Å². The lowest BCUT2D eigenvalue weighted by Gasteiger charge is -2.15. The number of nitrogens with zero attached hydrogens (tertiary/aromatic N) is 2. The third-order valence-electron chi connectivity index (χ3n) is 3.82. The van der Waals surface area contributed by atoms with Gasteiger partial charge in [0.25, 0.3) is 0 Å². The Morgan fingerprint density at radius 1 is 1.18 bits per heavy atom. The number of amides is 2. The number of aromatic nitrogens is 1. The summed E-state index contributed by atoms with van der Waals surface area (Å²) < 4.78 is 0. The molecule has 3 rings (SSSR count). The third kappa shape index (κ3) is 3.02. The van der Waals surface area contributed by atoms with Crippen LogP contribution < -0.4 is 0 Å². The number of hydrogen-bond acceptors (Lipinski definition) is 3. The molecule has 5 heteroatoms. The van der Waals surface area contributed by atoms with Crippen LogP contribution in [0.25, 0.3) is 0 Å². The van der Waals surface area contributed by atoms with Crippen LogP contribution in [-0.4, -0.2) is 21.7 Å². The number of rotatable bonds is 4. The molecule has 0 N–H and O–H groups in total. The van der Waals surface area contributed by atoms with Crippen molar-refractivity contribution >= 4 is 23.4 Å². The summed E-state index contributed by atoms with van der Waals surface area (Å²) >= 11 is 6.13. The first-order valence-corrected chi connectivity index (χ1v) is 7.49. The van der Waals surface area contributed by atoms with E-state index in [4.69, 9.17) is 11.6 Å². The van der Waals surface area contributed by atoms with Gasteiger partial charge in [0.2, 0.25) is 11.8 Å². The minimum atomic E-state index is -0.330. The van der Waals surface area contributed by atoms with Gasteiger partial charge in [-0.1, -0.05) is 35.9 Å². The van der Waals surface area contributed by atoms with Crippen molar-refractivity contribution < 1.29 is 9.59 Å². The first-order valence-electron chi connectivity index (χ1n) is 7.11. The number of hydrogen-bond donors (Lipinski definition) is 0. The van der Waals surface area contributed by atoms with Crippen LogP contribution in [-0.2, 0) is 22.6 Å². The van der Waals surface area contributed by atoms with Gasteiger partial charge < -0.3 is 0 Å². The number of halogens is 1. The van der Waals surface area contributed by atoms with Crippen molar-refractivity contribution in [2.24, 2.45) is 5.92 Å². The molecule has 112 valence electrons. The highest BCUT2D eigenvalue weighted by Crippen LogP contribution is 2.27. The van der Waals surface area contributed by atoms with E-state index in [-0.39, 0.29) is 30.7 Å². The molecule has 4 nitrogen and oxygen atoms in total. The molecule has 2 heterocycles. The molecule has 1 aromatic carbocycles. The first kappa shape index (κ1) is 14.7. The Hall–Kier alpha value is -2.20. The Morgan fingerprint density at radius 2 is 2.00 bits per heavy atom. The van der Waals surface area contributed by atoms with Gasteiger partial charge in [0.05, 0.1) is 12.5 Å². The summed E-state index contributed by atoms with van der Waals surface area (Å²) in [6, 6.07) is 11.1. The fraction of sp³-hybridized carbons (Fsp3) is 0.235. The predicted molar refractivity (Wildman–Crippen MR) is 83.1 cm³/mol. The molecule has 0 spiro atoms. The molecule has 1 unspecified atom stereocenters. The number of likely N-dealkylation sites (tertiary alicyclic amines) is 1. The van der Waals surface area contributed by atoms with Gasteiger partial charge in [0.15, 0.2) is 0 Å². The Labute approximate surface area is 133 Å². The summed E-state index contributed by atoms with van der Waals surface area (Å²) in [7, 11) is 0. The summed E-state index contributed by atoms with van der Waals surface area (Å²) in [6.45, 7) is 0.282. The molecule has 0 saturated carbocycles. The molecule has 1 aliphatic rings. The average molecular weight is 315 g/mol. The molecule has 22 heavy (non-hydrogen) atoms. The summed E-state index contributed by atoms with van der Waals surface area (Å²) in [5.74, 6) is -0.594. The number of pyridine rings is 1. The topological polar surface area (TPSA) is 50.3 Å². The van der Waals surface area contributed by atoms with Crippen molar-refractivity contribution in [3.63, 3.8) is 0 Å². The molecule has 1 saturated heterocycles. The standard InChI is InChI=1S/C17H15ClN2O2/c18-15-6-2-1-5-13(15)8-14-9-16(21)20(17(14)22)11-12-4-3-7-19-10-12/h1-7,10,14H,8-9,11H2. The molecule has 2 amide bonds. The molecule has 1 fully saturated rings. The van der Waals surface area contributed by atoms with Crippen molar-refractivity contribution in [1.82, 2.24) is 9.88 Å². The normalized spacial score (nSPS) is 18.0. The quantitative estimate of drug-likeness (QED) is 0.815. The summed E-state index contributed by atoms with van der Waals surface area (Å²) in [6.07, 6.45) is 4.07. The number of carbonyl (C=O) groups excluding carboxylic acids is 2. The molecule has 1 atom stereocenters. The van der Waals surface area contributed by atoms with Crippen LogP contribution in [0.15, 0.2) is 48.8 Å². The van der Waals surface area contributed by atoms with E-state index in [1.165, 1.54) is 4.90 Å². The van der Waals surface area contributed by atoms with Crippen molar-refractivity contribution in [3.05, 3.63) is 64.9 Å². The van der Waals surface area contributed by atoms with Crippen molar-refractivity contribution in [1.29, 1.82) is 0 Å². The lowest BCUT2D eigenvalue weighted by molar-refractivity contribution is -0.140. The van der Waals surface area contributed by atoms with Crippen LogP contribution in [0.2, 0.25) is 5.02 Å². The number of benzene rings is 1. The largest absolute Gasteiger partial charge is 0.278 e. The first-order chi connectivity index (χ1) is 10.6. The van der Waals surface area contributed by atoms with Gasteiger partial charge in [-0.3, -0.25) is 19.5 Å². The maximum absolute atomic E-state index is 12.5. The third-order valence-corrected chi connectivity index (χ3v) is 4.19. The predicted octanol–water partition coefficient (Wildman–Crippen LogP) is 2.85. The highest BCUT2D eigenvalue weighted by molar-refractivity contribution is 6.31. The lowest BCUT2D eigenvalue weighted by atomic mass is 9.98. The maximum atomic E-state index is 12.5. The maximum Gasteiger partial charge on any atom is 0.233 e. The van der Waals surface area contributed by atoms with Gasteiger partial charge in [-0.15, -0.1) is 0 Å². The van der Waals surface area contributed by atoms with Gasteiger partial charge in [-0.25, -0.2) is 0 Å². The molecule has 0 radical (unpaired) electrons. The molecule has 1 aromatic heterocycles. The minimum absolute atomic E-state index is 0.131. The van der Waals surface area contributed by atoms with Gasteiger partial charge >= 0.3 is 0 Å². The fourth-order valence-electron chi connectivity index (χ4n) is 2.68. The van der Waals surface area contributed by atoms with Crippen LogP contribution >= 0.6 is 11.6 Å². The minimum Gasteiger partial charge on any atom is -0.278 e. The van der Waals surface area contributed by atoms with Gasteiger partial charge in [-0.2, -0.15) is 0 Å². The zero-order chi connectivity index (χ0) is 15.5. The van der Waals surface area contributed by atoms with E-state index < -0.39 is 0 Å². The molecular formula is C17H15ClN2O2. The Kier molecular flexibility index (Phi) is 4.20. The van der Waals surface area contributed by atoms with E-state index in [0.29, 0.717) is 11.4 Å². The van der Waals surface area contributed by atoms with E-state index in [1.54, 1.807) is 24.5 Å². The molecule has 0 aliphatic carbocycles. The molecule has 0 bridgehead atoms. The number of carbonyl (C=O) groups is 2. The molecule has 2 aromatic rings. The second-order valence-corrected chi connectivity index (χ2v) is 5.78. The zero-order valence-electron chi connectivity index (χ0n) is 11.9. The van der Waals surface area contributed by atoms with Crippen LogP contribution in [0.4, 0.5) is 0 Å². The second kappa shape index (κ2) is 6.28. The Bertz CT molecular complexity index is 703. The monoisotopic (exact) mass is 314 g/mol. The summed E-state index contributed by atoms with van der Waals surface area (Å²) in [5, 5.41) is 0.633. The fourth-order valence-corrected chi connectivity index (χ4v) is 2.89. The lowest BCUT2D eigenvalue weighted by Crippen LogP contribution is -2.30. The number of imide groups is 1. The van der Waals surface area contributed by atoms with E-state index in [1.807, 2.05) is 24.3 Å². The van der Waals surface area contributed by atoms with Gasteiger partial charge in [-0.05, 0) is 29.7 Å². The van der Waals surface area contributed by atoms with Crippen LogP contribution in [0.5, 0.6) is 0 Å². The van der Waals surface area contributed by atoms with E-state index in [2.05, 4.69) is 4.98 Å². The van der Waals surface area contributed by atoms with Gasteiger partial charge in [0, 0.05) is 23.8 Å². The van der Waals surface area contributed by atoms with E-state index in [0.717, 1.165) is 11.1 Å². The van der Waals surface area contributed by atoms with Crippen molar-refractivity contribution in [3.8, 4) is 0 Å². The highest BCUT2D eigenvalue weighted by atomic mass is 35.5. The summed E-state index contributed by atoms with van der Waals surface area (Å²) in [4.78, 5) is 29.9. The Balaban J connectivity index is 1.73. The van der Waals surface area contributed by atoms with Crippen LogP contribution in [0.3, 0.4) is 0 Å². The van der Waals surface area contributed by atoms with E-state index >= 15 is 0 Å². The molecule has 1 aliphatic heterocycles. The van der Waals surface area contributed by atoms with Gasteiger partial charge in [0.1, 0.15) is 0 Å².